The van der Waals surface area contributed by atoms with Crippen molar-refractivity contribution in [1.29, 1.82) is 0 Å². The van der Waals surface area contributed by atoms with E-state index in [0.29, 0.717) is 32.7 Å². The molecule has 1 amide bonds. The molecule has 0 aliphatic carbocycles. The number of nitrogens with one attached hydrogen (secondary N) is 1. The second-order valence-corrected chi connectivity index (χ2v) is 5.66. The first kappa shape index (κ1) is 16.4. The van der Waals surface area contributed by atoms with Gasteiger partial charge in [0.05, 0.1) is 18.8 Å². The van der Waals surface area contributed by atoms with Crippen molar-refractivity contribution in [3.8, 4) is 0 Å². The van der Waals surface area contributed by atoms with E-state index in [0.717, 1.165) is 17.9 Å². The van der Waals surface area contributed by atoms with E-state index in [2.05, 4.69) is 20.4 Å². The fourth-order valence-corrected chi connectivity index (χ4v) is 2.72. The fraction of sp³-hybridized carbons (Fsp3) is 0.500. The highest BCUT2D eigenvalue weighted by molar-refractivity contribution is 5.76. The molecule has 0 saturated carbocycles. The molecule has 0 unspecified atom stereocenters. The van der Waals surface area contributed by atoms with Gasteiger partial charge < -0.3 is 15.0 Å². The van der Waals surface area contributed by atoms with E-state index in [1.807, 2.05) is 30.1 Å². The van der Waals surface area contributed by atoms with Crippen LogP contribution in [0.15, 0.2) is 30.9 Å². The number of amides is 1. The minimum Gasteiger partial charge on any atom is -0.373 e. The molecule has 0 spiro atoms. The summed E-state index contributed by atoms with van der Waals surface area (Å²) in [5, 5.41) is 7.06. The van der Waals surface area contributed by atoms with Gasteiger partial charge in [-0.15, -0.1) is 0 Å². The first-order chi connectivity index (χ1) is 11.8. The SMILES string of the molecule is CNc1cccc([C@@H]2CN(C(=O)CCCn3cncn3)CCO2)n1. The molecule has 1 saturated heterocycles. The number of nitrogens with zero attached hydrogens (tertiary/aromatic N) is 5. The molecule has 1 aliphatic heterocycles. The van der Waals surface area contributed by atoms with Crippen LogP contribution in [0.1, 0.15) is 24.6 Å². The Morgan fingerprint density at radius 3 is 3.17 bits per heavy atom. The lowest BCUT2D eigenvalue weighted by molar-refractivity contribution is -0.139. The number of ether oxygens (including phenoxy) is 1. The summed E-state index contributed by atoms with van der Waals surface area (Å²) in [5.41, 5.74) is 0.849. The van der Waals surface area contributed by atoms with Gasteiger partial charge in [0.25, 0.3) is 0 Å². The van der Waals surface area contributed by atoms with Crippen LogP contribution in [0.4, 0.5) is 5.82 Å². The average molecular weight is 330 g/mol. The van der Waals surface area contributed by atoms with Crippen molar-refractivity contribution in [2.75, 3.05) is 32.1 Å². The van der Waals surface area contributed by atoms with Crippen molar-refractivity contribution in [1.82, 2.24) is 24.6 Å². The molecule has 24 heavy (non-hydrogen) atoms. The normalized spacial score (nSPS) is 17.7. The van der Waals surface area contributed by atoms with Gasteiger partial charge in [0.2, 0.25) is 5.91 Å². The Bertz CT molecular complexity index is 660. The third kappa shape index (κ3) is 4.08. The van der Waals surface area contributed by atoms with Gasteiger partial charge in [-0.2, -0.15) is 5.10 Å². The predicted octanol–water partition coefficient (Wildman–Crippen LogP) is 1.10. The van der Waals surface area contributed by atoms with Crippen molar-refractivity contribution in [3.05, 3.63) is 36.5 Å². The fourth-order valence-electron chi connectivity index (χ4n) is 2.72. The van der Waals surface area contributed by atoms with E-state index in [1.165, 1.54) is 6.33 Å². The van der Waals surface area contributed by atoms with Crippen molar-refractivity contribution < 1.29 is 9.53 Å². The number of rotatable bonds is 6. The highest BCUT2D eigenvalue weighted by atomic mass is 16.5. The number of carbonyl (C=O) groups excluding carboxylic acids is 1. The van der Waals surface area contributed by atoms with Crippen LogP contribution in [0.5, 0.6) is 0 Å². The molecule has 8 nitrogen and oxygen atoms in total. The summed E-state index contributed by atoms with van der Waals surface area (Å²) in [6, 6.07) is 5.78. The number of hydrogen-bond donors (Lipinski definition) is 1. The molecule has 0 radical (unpaired) electrons. The van der Waals surface area contributed by atoms with E-state index < -0.39 is 0 Å². The quantitative estimate of drug-likeness (QED) is 0.853. The van der Waals surface area contributed by atoms with E-state index in [4.69, 9.17) is 4.74 Å². The van der Waals surface area contributed by atoms with Crippen LogP contribution < -0.4 is 5.32 Å². The molecule has 128 valence electrons. The monoisotopic (exact) mass is 330 g/mol. The molecule has 3 heterocycles. The molecule has 0 aromatic carbocycles. The molecular formula is C16H22N6O2. The van der Waals surface area contributed by atoms with E-state index in [9.17, 15) is 4.79 Å². The molecule has 1 fully saturated rings. The van der Waals surface area contributed by atoms with Crippen molar-refractivity contribution in [2.24, 2.45) is 0 Å². The van der Waals surface area contributed by atoms with Crippen molar-refractivity contribution in [3.63, 3.8) is 0 Å². The van der Waals surface area contributed by atoms with Gasteiger partial charge in [-0.25, -0.2) is 9.97 Å². The van der Waals surface area contributed by atoms with Gasteiger partial charge in [-0.05, 0) is 18.6 Å². The number of hydrogen-bond acceptors (Lipinski definition) is 6. The lowest BCUT2D eigenvalue weighted by Crippen LogP contribution is -2.42. The van der Waals surface area contributed by atoms with Crippen LogP contribution in [0.25, 0.3) is 0 Å². The Hall–Kier alpha value is -2.48. The van der Waals surface area contributed by atoms with Crippen LogP contribution in [-0.4, -0.2) is 57.3 Å². The summed E-state index contributed by atoms with van der Waals surface area (Å²) < 4.78 is 7.54. The van der Waals surface area contributed by atoms with Gasteiger partial charge in [-0.1, -0.05) is 6.07 Å². The third-order valence-electron chi connectivity index (χ3n) is 4.02. The van der Waals surface area contributed by atoms with Crippen LogP contribution >= 0.6 is 0 Å². The summed E-state index contributed by atoms with van der Waals surface area (Å²) >= 11 is 0. The Morgan fingerprint density at radius 2 is 2.38 bits per heavy atom. The number of morpholine rings is 1. The summed E-state index contributed by atoms with van der Waals surface area (Å²) in [5.74, 6) is 0.945. The second kappa shape index (κ2) is 7.87. The Balaban J connectivity index is 1.53. The van der Waals surface area contributed by atoms with E-state index >= 15 is 0 Å². The second-order valence-electron chi connectivity index (χ2n) is 5.66. The zero-order chi connectivity index (χ0) is 16.8. The number of aromatic nitrogens is 4. The molecule has 2 aromatic rings. The Labute approximate surface area is 140 Å². The first-order valence-corrected chi connectivity index (χ1v) is 8.13. The standard InChI is InChI=1S/C16H22N6O2/c1-17-15-5-2-4-13(20-15)14-10-21(8-9-24-14)16(23)6-3-7-22-12-18-11-19-22/h2,4-5,11-12,14H,3,6-10H2,1H3,(H,17,20)/t14-/m0/s1. The van der Waals surface area contributed by atoms with Crippen LogP contribution in [0.3, 0.4) is 0 Å². The molecule has 3 rings (SSSR count). The largest absolute Gasteiger partial charge is 0.373 e. The zero-order valence-electron chi connectivity index (χ0n) is 13.8. The molecule has 2 aromatic heterocycles. The summed E-state index contributed by atoms with van der Waals surface area (Å²) in [4.78, 5) is 22.7. The molecule has 1 atom stereocenters. The van der Waals surface area contributed by atoms with Crippen LogP contribution in [0.2, 0.25) is 0 Å². The smallest absolute Gasteiger partial charge is 0.222 e. The number of carbonyl (C=O) groups is 1. The highest BCUT2D eigenvalue weighted by Crippen LogP contribution is 2.22. The average Bonchev–Trinajstić information content (AvgIpc) is 3.15. The van der Waals surface area contributed by atoms with Gasteiger partial charge in [-0.3, -0.25) is 9.48 Å². The highest BCUT2D eigenvalue weighted by Gasteiger charge is 2.26. The number of aryl methyl sites for hydroxylation is 1. The minimum absolute atomic E-state index is 0.146. The Morgan fingerprint density at radius 1 is 1.46 bits per heavy atom. The van der Waals surface area contributed by atoms with Gasteiger partial charge in [0.1, 0.15) is 24.6 Å². The van der Waals surface area contributed by atoms with Gasteiger partial charge in [0.15, 0.2) is 0 Å². The predicted molar refractivity (Wildman–Crippen MR) is 88.3 cm³/mol. The molecule has 0 bridgehead atoms. The maximum atomic E-state index is 12.4. The topological polar surface area (TPSA) is 85.2 Å². The van der Waals surface area contributed by atoms with Crippen LogP contribution in [-0.2, 0) is 16.1 Å². The Kier molecular flexibility index (Phi) is 5.37. The van der Waals surface area contributed by atoms with Crippen molar-refractivity contribution in [2.45, 2.75) is 25.5 Å². The van der Waals surface area contributed by atoms with Gasteiger partial charge >= 0.3 is 0 Å². The minimum atomic E-state index is -0.175. The molecular weight excluding hydrogens is 308 g/mol. The number of anilines is 1. The summed E-state index contributed by atoms with van der Waals surface area (Å²) in [7, 11) is 1.83. The first-order valence-electron chi connectivity index (χ1n) is 8.13. The van der Waals surface area contributed by atoms with Gasteiger partial charge in [0, 0.05) is 26.6 Å². The lowest BCUT2D eigenvalue weighted by atomic mass is 10.1. The van der Waals surface area contributed by atoms with E-state index in [-0.39, 0.29) is 12.0 Å². The third-order valence-corrected chi connectivity index (χ3v) is 4.02. The molecule has 1 N–H and O–H groups in total. The van der Waals surface area contributed by atoms with Crippen LogP contribution in [0, 0.1) is 0 Å². The molecule has 1 aliphatic rings. The summed E-state index contributed by atoms with van der Waals surface area (Å²) in [6.45, 7) is 2.41. The number of pyridine rings is 1. The zero-order valence-corrected chi connectivity index (χ0v) is 13.8. The van der Waals surface area contributed by atoms with Crippen molar-refractivity contribution >= 4 is 11.7 Å². The van der Waals surface area contributed by atoms with E-state index in [1.54, 1.807) is 11.0 Å². The molecule has 8 heteroatoms. The summed E-state index contributed by atoms with van der Waals surface area (Å²) in [6.07, 6.45) is 4.23. The maximum Gasteiger partial charge on any atom is 0.222 e. The lowest BCUT2D eigenvalue weighted by Gasteiger charge is -2.33. The maximum absolute atomic E-state index is 12.4.